The lowest BCUT2D eigenvalue weighted by atomic mass is 10.0. The number of hydrogen-bond acceptors (Lipinski definition) is 5. The summed E-state index contributed by atoms with van der Waals surface area (Å²) in [6.45, 7) is 2.80. The van der Waals surface area contributed by atoms with E-state index in [4.69, 9.17) is 9.84 Å². The number of hydrogen-bond donors (Lipinski definition) is 2. The molecule has 1 heterocycles. The number of likely N-dealkylation sites (tertiary alicyclic amines) is 1. The fraction of sp³-hybridized carbons (Fsp3) is 0.286. The van der Waals surface area contributed by atoms with Crippen LogP contribution in [0.5, 0.6) is 11.5 Å². The van der Waals surface area contributed by atoms with Crippen LogP contribution in [-0.4, -0.2) is 59.5 Å². The monoisotopic (exact) mass is 473 g/mol. The number of likely N-dealkylation sites (N-methyl/N-ethyl adjacent to an activating group) is 1. The zero-order chi connectivity index (χ0) is 24.6. The Bertz CT molecular complexity index is 1120. The van der Waals surface area contributed by atoms with Gasteiger partial charge in [0, 0.05) is 24.8 Å². The molecule has 1 amide bonds. The molecule has 0 spiro atoms. The summed E-state index contributed by atoms with van der Waals surface area (Å²) in [6.07, 6.45) is 2.11. The first kappa shape index (κ1) is 24.4. The van der Waals surface area contributed by atoms with E-state index in [1.165, 1.54) is 0 Å². The van der Waals surface area contributed by atoms with Crippen molar-refractivity contribution in [1.82, 2.24) is 9.80 Å². The summed E-state index contributed by atoms with van der Waals surface area (Å²) >= 11 is 0. The maximum atomic E-state index is 12.7. The lowest BCUT2D eigenvalue weighted by Gasteiger charge is -2.37. The van der Waals surface area contributed by atoms with Gasteiger partial charge in [-0.1, -0.05) is 30.3 Å². The van der Waals surface area contributed by atoms with E-state index in [0.717, 1.165) is 49.5 Å². The van der Waals surface area contributed by atoms with Gasteiger partial charge in [-0.25, -0.2) is 4.79 Å². The van der Waals surface area contributed by atoms with Gasteiger partial charge in [0.15, 0.2) is 0 Å². The highest BCUT2D eigenvalue weighted by Crippen LogP contribution is 2.23. The number of ether oxygens (including phenoxy) is 1. The second kappa shape index (κ2) is 11.6. The van der Waals surface area contributed by atoms with Crippen LogP contribution in [0.4, 0.5) is 5.69 Å². The smallest absolute Gasteiger partial charge is 0.335 e. The maximum absolute atomic E-state index is 12.7. The van der Waals surface area contributed by atoms with E-state index in [1.807, 2.05) is 66.7 Å². The molecule has 3 aromatic rings. The summed E-state index contributed by atoms with van der Waals surface area (Å²) in [7, 11) is 2.08. The van der Waals surface area contributed by atoms with Crippen LogP contribution >= 0.6 is 0 Å². The lowest BCUT2D eigenvalue weighted by Crippen LogP contribution is -2.48. The average Bonchev–Trinajstić information content (AvgIpc) is 2.86. The molecular formula is C28H31N3O4. The Hall–Kier alpha value is -3.68. The molecule has 0 bridgehead atoms. The van der Waals surface area contributed by atoms with E-state index >= 15 is 0 Å². The number of benzene rings is 3. The molecule has 0 aromatic heterocycles. The Kier molecular flexibility index (Phi) is 8.13. The average molecular weight is 474 g/mol. The summed E-state index contributed by atoms with van der Waals surface area (Å²) in [5.41, 5.74) is 2.11. The van der Waals surface area contributed by atoms with Gasteiger partial charge in [0.05, 0.1) is 12.1 Å². The summed E-state index contributed by atoms with van der Waals surface area (Å²) in [5, 5.41) is 12.0. The topological polar surface area (TPSA) is 82.1 Å². The summed E-state index contributed by atoms with van der Waals surface area (Å²) in [6, 6.07) is 24.3. The van der Waals surface area contributed by atoms with Crippen LogP contribution in [0.25, 0.3) is 0 Å². The summed E-state index contributed by atoms with van der Waals surface area (Å²) in [5.74, 6) is 0.539. The first-order valence-corrected chi connectivity index (χ1v) is 11.8. The Labute approximate surface area is 205 Å². The van der Waals surface area contributed by atoms with Gasteiger partial charge in [-0.3, -0.25) is 14.6 Å². The third kappa shape index (κ3) is 7.15. The van der Waals surface area contributed by atoms with Crippen LogP contribution < -0.4 is 10.1 Å². The van der Waals surface area contributed by atoms with Crippen LogP contribution in [0.2, 0.25) is 0 Å². The number of piperidine rings is 1. The quantitative estimate of drug-likeness (QED) is 0.468. The number of para-hydroxylation sites is 1. The number of carboxylic acids is 1. The van der Waals surface area contributed by atoms with Gasteiger partial charge in [-0.15, -0.1) is 0 Å². The van der Waals surface area contributed by atoms with Crippen LogP contribution in [0.1, 0.15) is 28.8 Å². The third-order valence-electron chi connectivity index (χ3n) is 6.22. The number of aromatic carboxylic acids is 1. The Morgan fingerprint density at radius 1 is 1.00 bits per heavy atom. The molecule has 1 aliphatic rings. The van der Waals surface area contributed by atoms with Crippen molar-refractivity contribution in [1.29, 1.82) is 0 Å². The first-order valence-electron chi connectivity index (χ1n) is 11.8. The highest BCUT2D eigenvalue weighted by Gasteiger charge is 2.24. The molecule has 2 N–H and O–H groups in total. The van der Waals surface area contributed by atoms with Crippen molar-refractivity contribution < 1.29 is 19.4 Å². The van der Waals surface area contributed by atoms with E-state index in [-0.39, 0.29) is 5.91 Å². The summed E-state index contributed by atoms with van der Waals surface area (Å²) in [4.78, 5) is 28.2. The van der Waals surface area contributed by atoms with Gasteiger partial charge in [-0.2, -0.15) is 0 Å². The predicted molar refractivity (Wildman–Crippen MR) is 136 cm³/mol. The van der Waals surface area contributed by atoms with Gasteiger partial charge >= 0.3 is 5.97 Å². The van der Waals surface area contributed by atoms with Crippen LogP contribution in [0.3, 0.4) is 0 Å². The van der Waals surface area contributed by atoms with Gasteiger partial charge in [0.25, 0.3) is 0 Å². The standard InChI is InChI=1S/C28H31N3O4/c1-30(18-21-9-11-22(12-10-21)28(33)34)24-6-5-17-31(19-24)20-27(32)29-23-13-15-26(16-14-23)35-25-7-3-2-4-8-25/h2-4,7-16,24H,5-6,17-20H2,1H3,(H,29,32)(H,33,34)/t24-/m1/s1. The van der Waals surface area contributed by atoms with Crippen molar-refractivity contribution in [3.05, 3.63) is 90.0 Å². The van der Waals surface area contributed by atoms with Crippen molar-refractivity contribution in [2.75, 3.05) is 32.0 Å². The van der Waals surface area contributed by atoms with Gasteiger partial charge in [0.2, 0.25) is 5.91 Å². The second-order valence-electron chi connectivity index (χ2n) is 8.94. The molecule has 0 radical (unpaired) electrons. The molecule has 0 unspecified atom stereocenters. The minimum Gasteiger partial charge on any atom is -0.478 e. The Morgan fingerprint density at radius 2 is 1.69 bits per heavy atom. The Morgan fingerprint density at radius 3 is 2.37 bits per heavy atom. The molecule has 4 rings (SSSR count). The molecule has 1 fully saturated rings. The molecule has 3 aromatic carbocycles. The first-order chi connectivity index (χ1) is 17.0. The lowest BCUT2D eigenvalue weighted by molar-refractivity contribution is -0.117. The zero-order valence-corrected chi connectivity index (χ0v) is 19.9. The fourth-order valence-electron chi connectivity index (χ4n) is 4.34. The molecule has 35 heavy (non-hydrogen) atoms. The van der Waals surface area contributed by atoms with E-state index < -0.39 is 5.97 Å². The van der Waals surface area contributed by atoms with Crippen molar-refractivity contribution in [3.63, 3.8) is 0 Å². The van der Waals surface area contributed by atoms with Gasteiger partial charge in [0.1, 0.15) is 11.5 Å². The molecule has 1 saturated heterocycles. The van der Waals surface area contributed by atoms with E-state index in [0.29, 0.717) is 23.9 Å². The molecule has 1 atom stereocenters. The normalized spacial score (nSPS) is 16.1. The summed E-state index contributed by atoms with van der Waals surface area (Å²) < 4.78 is 5.80. The van der Waals surface area contributed by atoms with Gasteiger partial charge < -0.3 is 15.2 Å². The predicted octanol–water partition coefficient (Wildman–Crippen LogP) is 4.71. The van der Waals surface area contributed by atoms with Crippen molar-refractivity contribution >= 4 is 17.6 Å². The largest absolute Gasteiger partial charge is 0.478 e. The second-order valence-corrected chi connectivity index (χ2v) is 8.94. The fourth-order valence-corrected chi connectivity index (χ4v) is 4.34. The SMILES string of the molecule is CN(Cc1ccc(C(=O)O)cc1)[C@@H]1CCCN(CC(=O)Nc2ccc(Oc3ccccc3)cc2)C1. The number of anilines is 1. The number of nitrogens with one attached hydrogen (secondary N) is 1. The third-order valence-corrected chi connectivity index (χ3v) is 6.22. The number of rotatable bonds is 9. The number of carbonyl (C=O) groups is 2. The number of carbonyl (C=O) groups excluding carboxylic acids is 1. The maximum Gasteiger partial charge on any atom is 0.335 e. The minimum absolute atomic E-state index is 0.0331. The van der Waals surface area contributed by atoms with E-state index in [9.17, 15) is 9.59 Å². The highest BCUT2D eigenvalue weighted by molar-refractivity contribution is 5.92. The highest BCUT2D eigenvalue weighted by atomic mass is 16.5. The Balaban J connectivity index is 1.25. The molecule has 0 aliphatic carbocycles. The molecule has 1 aliphatic heterocycles. The molecule has 7 heteroatoms. The van der Waals surface area contributed by atoms with E-state index in [1.54, 1.807) is 12.1 Å². The van der Waals surface area contributed by atoms with Crippen molar-refractivity contribution in [2.45, 2.75) is 25.4 Å². The number of nitrogens with zero attached hydrogens (tertiary/aromatic N) is 2. The van der Waals surface area contributed by atoms with Crippen LogP contribution in [0, 0.1) is 0 Å². The van der Waals surface area contributed by atoms with Gasteiger partial charge in [-0.05, 0) is 80.5 Å². The van der Waals surface area contributed by atoms with Crippen LogP contribution in [0.15, 0.2) is 78.9 Å². The molecule has 7 nitrogen and oxygen atoms in total. The van der Waals surface area contributed by atoms with E-state index in [2.05, 4.69) is 22.2 Å². The van der Waals surface area contributed by atoms with Crippen molar-refractivity contribution in [2.24, 2.45) is 0 Å². The molecular weight excluding hydrogens is 442 g/mol. The molecule has 182 valence electrons. The van der Waals surface area contributed by atoms with Crippen LogP contribution in [-0.2, 0) is 11.3 Å². The number of carboxylic acid groups (broad SMARTS) is 1. The van der Waals surface area contributed by atoms with Crippen molar-refractivity contribution in [3.8, 4) is 11.5 Å². The number of amides is 1. The molecule has 0 saturated carbocycles. The minimum atomic E-state index is -0.914. The zero-order valence-electron chi connectivity index (χ0n) is 19.9.